The number of benzene rings is 2. The summed E-state index contributed by atoms with van der Waals surface area (Å²) in [5.74, 6) is 0. The van der Waals surface area contributed by atoms with Crippen LogP contribution in [0.25, 0.3) is 0 Å². The highest BCUT2D eigenvalue weighted by Gasteiger charge is 2.25. The number of rotatable bonds is 11. The fourth-order valence-electron chi connectivity index (χ4n) is 5.45. The van der Waals surface area contributed by atoms with E-state index in [1.165, 1.54) is 25.0 Å². The summed E-state index contributed by atoms with van der Waals surface area (Å²) in [6.07, 6.45) is 8.55. The average molecular weight is 677 g/mol. The number of nitrogens with two attached hydrogens (primary N) is 2. The Bertz CT molecular complexity index is 1290. The van der Waals surface area contributed by atoms with Crippen molar-refractivity contribution >= 4 is 68.1 Å². The number of sulfonamides is 2. The van der Waals surface area contributed by atoms with Crippen LogP contribution in [0, 0.1) is 0 Å². The van der Waals surface area contributed by atoms with Crippen molar-refractivity contribution in [3.05, 3.63) is 56.6 Å². The largest absolute Gasteiger partial charge is 0.299 e. The molecule has 0 aliphatic carbocycles. The Morgan fingerprint density at radius 3 is 1.32 bits per heavy atom. The van der Waals surface area contributed by atoms with Gasteiger partial charge in [-0.1, -0.05) is 61.0 Å². The zero-order valence-corrected chi connectivity index (χ0v) is 27.1. The number of hydrogen-bond acceptors (Lipinski definition) is 6. The van der Waals surface area contributed by atoms with Gasteiger partial charge in [0.15, 0.2) is 0 Å². The van der Waals surface area contributed by atoms with Crippen LogP contribution in [0.15, 0.2) is 34.1 Å². The third-order valence-corrected chi connectivity index (χ3v) is 10.6. The predicted octanol–water partition coefficient (Wildman–Crippen LogP) is 4.89. The summed E-state index contributed by atoms with van der Waals surface area (Å²) in [4.78, 5) is 4.68. The second-order valence-corrected chi connectivity index (χ2v) is 14.1. The van der Waals surface area contributed by atoms with Gasteiger partial charge in [-0.2, -0.15) is 0 Å². The van der Waals surface area contributed by atoms with E-state index >= 15 is 0 Å². The van der Waals surface area contributed by atoms with Crippen molar-refractivity contribution in [3.8, 4) is 0 Å². The van der Waals surface area contributed by atoms with Crippen molar-refractivity contribution in [1.29, 1.82) is 0 Å². The SMILES string of the molecule is Cl.Cl.NS(=O)(=O)c1ccc2c(c1Cl)CN(CCCCCCCCN1CCc3ccc(S(N)(=O)=O)c(Cl)c3C1)CC2. The normalized spacial score (nSPS) is 16.0. The van der Waals surface area contributed by atoms with Crippen LogP contribution in [-0.2, 0) is 46.0 Å². The van der Waals surface area contributed by atoms with E-state index in [2.05, 4.69) is 9.80 Å². The van der Waals surface area contributed by atoms with Gasteiger partial charge in [0.05, 0.1) is 10.0 Å². The fourth-order valence-corrected chi connectivity index (χ4v) is 7.85. The highest BCUT2D eigenvalue weighted by Crippen LogP contribution is 2.33. The van der Waals surface area contributed by atoms with Crippen LogP contribution in [0.5, 0.6) is 0 Å². The van der Waals surface area contributed by atoms with Crippen LogP contribution >= 0.6 is 48.0 Å². The molecule has 0 unspecified atom stereocenters. The first-order valence-electron chi connectivity index (χ1n) is 13.1. The van der Waals surface area contributed by atoms with Gasteiger partial charge in [-0.3, -0.25) is 9.80 Å². The maximum Gasteiger partial charge on any atom is 0.239 e. The maximum absolute atomic E-state index is 11.8. The molecule has 2 aliphatic heterocycles. The van der Waals surface area contributed by atoms with E-state index in [4.69, 9.17) is 33.5 Å². The summed E-state index contributed by atoms with van der Waals surface area (Å²) in [6, 6.07) is 6.68. The molecule has 4 N–H and O–H groups in total. The van der Waals surface area contributed by atoms with Gasteiger partial charge in [0.25, 0.3) is 0 Å². The number of hydrogen-bond donors (Lipinski definition) is 2. The van der Waals surface area contributed by atoms with Crippen LogP contribution in [0.2, 0.25) is 10.0 Å². The lowest BCUT2D eigenvalue weighted by molar-refractivity contribution is 0.244. The topological polar surface area (TPSA) is 127 Å². The number of fused-ring (bicyclic) bond motifs is 2. The molecule has 4 rings (SSSR count). The summed E-state index contributed by atoms with van der Waals surface area (Å²) in [5, 5.41) is 11.1. The van der Waals surface area contributed by atoms with Crippen molar-refractivity contribution in [2.24, 2.45) is 10.3 Å². The molecule has 0 aromatic heterocycles. The molecule has 0 atom stereocenters. The molecule has 0 spiro atoms. The van der Waals surface area contributed by atoms with Gasteiger partial charge in [-0.15, -0.1) is 24.8 Å². The van der Waals surface area contributed by atoms with E-state index < -0.39 is 20.0 Å². The van der Waals surface area contributed by atoms with Crippen LogP contribution in [0.3, 0.4) is 0 Å². The maximum atomic E-state index is 11.8. The number of primary sulfonamides is 2. The van der Waals surface area contributed by atoms with E-state index in [0.717, 1.165) is 87.0 Å². The molecule has 40 heavy (non-hydrogen) atoms. The quantitative estimate of drug-likeness (QED) is 0.327. The summed E-state index contributed by atoms with van der Waals surface area (Å²) >= 11 is 12.8. The Labute approximate surface area is 260 Å². The van der Waals surface area contributed by atoms with Gasteiger partial charge in [0, 0.05) is 26.2 Å². The molecule has 0 saturated heterocycles. The predicted molar refractivity (Wildman–Crippen MR) is 166 cm³/mol. The van der Waals surface area contributed by atoms with Gasteiger partial charge < -0.3 is 0 Å². The molecule has 0 bridgehead atoms. The zero-order chi connectivity index (χ0) is 27.5. The van der Waals surface area contributed by atoms with Gasteiger partial charge in [0.2, 0.25) is 20.0 Å². The third-order valence-electron chi connectivity index (χ3n) is 7.58. The summed E-state index contributed by atoms with van der Waals surface area (Å²) < 4.78 is 47.1. The smallest absolute Gasteiger partial charge is 0.239 e. The van der Waals surface area contributed by atoms with Crippen molar-refractivity contribution in [2.45, 2.75) is 74.2 Å². The highest BCUT2D eigenvalue weighted by atomic mass is 35.5. The molecular formula is C26H38Cl4N4O4S2. The minimum Gasteiger partial charge on any atom is -0.299 e. The van der Waals surface area contributed by atoms with Gasteiger partial charge in [-0.05, 0) is 73.2 Å². The minimum atomic E-state index is -3.83. The molecule has 2 heterocycles. The minimum absolute atomic E-state index is 0. The van der Waals surface area contributed by atoms with Crippen molar-refractivity contribution in [2.75, 3.05) is 26.2 Å². The molecule has 226 valence electrons. The fraction of sp³-hybridized carbons (Fsp3) is 0.538. The van der Waals surface area contributed by atoms with Crippen LogP contribution in [0.1, 0.15) is 60.8 Å². The number of halogens is 4. The second-order valence-electron chi connectivity index (χ2n) is 10.3. The Hall–Kier alpha value is -0.660. The lowest BCUT2D eigenvalue weighted by Gasteiger charge is -2.30. The van der Waals surface area contributed by atoms with Crippen molar-refractivity contribution < 1.29 is 16.8 Å². The summed E-state index contributed by atoms with van der Waals surface area (Å²) in [7, 11) is -7.66. The summed E-state index contributed by atoms with van der Waals surface area (Å²) in [6.45, 7) is 5.12. The standard InChI is InChI=1S/C26H36Cl2N4O4S2.2ClH/c27-25-21-17-31(15-11-19(21)7-9-23(25)37(29,33)34)13-5-3-1-2-4-6-14-32-16-12-20-8-10-24(38(30,35)36)26(28)22(20)18-32;;/h7-10H,1-6,11-18H2,(H2,29,33,34)(H2,30,35,36);2*1H. The highest BCUT2D eigenvalue weighted by molar-refractivity contribution is 7.89. The zero-order valence-electron chi connectivity index (χ0n) is 22.3. The number of nitrogens with zero attached hydrogens (tertiary/aromatic N) is 2. The first-order chi connectivity index (χ1) is 17.9. The molecule has 2 aromatic carbocycles. The Morgan fingerprint density at radius 2 is 0.975 bits per heavy atom. The lowest BCUT2D eigenvalue weighted by Crippen LogP contribution is -2.32. The lowest BCUT2D eigenvalue weighted by atomic mass is 9.99. The van der Waals surface area contributed by atoms with Crippen LogP contribution < -0.4 is 10.3 Å². The van der Waals surface area contributed by atoms with E-state index in [-0.39, 0.29) is 44.7 Å². The molecule has 0 fully saturated rings. The Morgan fingerprint density at radius 1 is 0.625 bits per heavy atom. The van der Waals surface area contributed by atoms with E-state index in [1.54, 1.807) is 0 Å². The molecule has 2 aromatic rings. The van der Waals surface area contributed by atoms with Crippen molar-refractivity contribution in [1.82, 2.24) is 9.80 Å². The Kier molecular flexibility index (Phi) is 13.5. The number of unbranched alkanes of at least 4 members (excludes halogenated alkanes) is 5. The van der Waals surface area contributed by atoms with Crippen LogP contribution in [0.4, 0.5) is 0 Å². The molecule has 2 aliphatic rings. The van der Waals surface area contributed by atoms with Crippen molar-refractivity contribution in [3.63, 3.8) is 0 Å². The van der Waals surface area contributed by atoms with E-state index in [1.807, 2.05) is 12.1 Å². The van der Waals surface area contributed by atoms with Gasteiger partial charge in [-0.25, -0.2) is 27.1 Å². The van der Waals surface area contributed by atoms with Gasteiger partial charge >= 0.3 is 0 Å². The third kappa shape index (κ3) is 8.92. The first kappa shape index (κ1) is 35.5. The van der Waals surface area contributed by atoms with Crippen LogP contribution in [-0.4, -0.2) is 52.8 Å². The van der Waals surface area contributed by atoms with Gasteiger partial charge in [0.1, 0.15) is 9.79 Å². The van der Waals surface area contributed by atoms with E-state index in [9.17, 15) is 16.8 Å². The molecule has 14 heteroatoms. The average Bonchev–Trinajstić information content (AvgIpc) is 2.85. The monoisotopic (exact) mass is 674 g/mol. The molecule has 0 amide bonds. The molecule has 0 saturated carbocycles. The summed E-state index contributed by atoms with van der Waals surface area (Å²) in [5.41, 5.74) is 3.96. The molecular weight excluding hydrogens is 638 g/mol. The second kappa shape index (κ2) is 15.2. The Balaban J connectivity index is 0.00000280. The first-order valence-corrected chi connectivity index (χ1v) is 16.9. The molecule has 0 radical (unpaired) electrons. The molecule has 8 nitrogen and oxygen atoms in total. The van der Waals surface area contributed by atoms with E-state index in [0.29, 0.717) is 13.1 Å².